The van der Waals surface area contributed by atoms with Gasteiger partial charge >= 0.3 is 0 Å². The highest BCUT2D eigenvalue weighted by atomic mass is 32.2. The summed E-state index contributed by atoms with van der Waals surface area (Å²) < 4.78 is 34.0. The van der Waals surface area contributed by atoms with E-state index in [1.165, 1.54) is 24.2 Å². The number of ether oxygens (including phenoxy) is 1. The lowest BCUT2D eigenvalue weighted by molar-refractivity contribution is 0.403. The molecule has 23 heavy (non-hydrogen) atoms. The zero-order valence-corrected chi connectivity index (χ0v) is 12.9. The van der Waals surface area contributed by atoms with Crippen molar-refractivity contribution >= 4 is 15.7 Å². The zero-order chi connectivity index (χ0) is 16.3. The second-order valence-electron chi connectivity index (χ2n) is 4.56. The van der Waals surface area contributed by atoms with Crippen LogP contribution < -0.4 is 9.46 Å². The van der Waals surface area contributed by atoms with Crippen LogP contribution in [0.15, 0.2) is 59.8 Å². The minimum atomic E-state index is -3.74. The summed E-state index contributed by atoms with van der Waals surface area (Å²) in [4.78, 5) is 0.0760. The van der Waals surface area contributed by atoms with Gasteiger partial charge in [-0.3, -0.25) is 4.72 Å². The van der Waals surface area contributed by atoms with Gasteiger partial charge in [-0.2, -0.15) is 0 Å². The molecule has 0 atom stereocenters. The Balaban J connectivity index is 1.86. The van der Waals surface area contributed by atoms with Crippen LogP contribution >= 0.6 is 0 Å². The normalized spacial score (nSPS) is 11.2. The number of nitrogens with one attached hydrogen (secondary N) is 1. The maximum atomic E-state index is 12.5. The summed E-state index contributed by atoms with van der Waals surface area (Å²) in [5, 5.41) is 10.9. The van der Waals surface area contributed by atoms with Gasteiger partial charge in [-0.05, 0) is 46.8 Å². The summed E-state index contributed by atoms with van der Waals surface area (Å²) in [5.41, 5.74) is 1.14. The number of sulfonamides is 1. The van der Waals surface area contributed by atoms with Crippen LogP contribution in [0, 0.1) is 0 Å². The van der Waals surface area contributed by atoms with Gasteiger partial charge in [-0.25, -0.2) is 13.1 Å². The lowest BCUT2D eigenvalue weighted by Gasteiger charge is -2.11. The van der Waals surface area contributed by atoms with Crippen molar-refractivity contribution in [1.82, 2.24) is 20.2 Å². The molecule has 8 nitrogen and oxygen atoms in total. The fourth-order valence-electron chi connectivity index (χ4n) is 2.01. The van der Waals surface area contributed by atoms with Gasteiger partial charge in [0.2, 0.25) is 0 Å². The molecule has 0 aliphatic heterocycles. The molecular formula is C14H13N5O3S. The molecule has 0 bridgehead atoms. The number of methoxy groups -OCH3 is 1. The van der Waals surface area contributed by atoms with E-state index >= 15 is 0 Å². The maximum Gasteiger partial charge on any atom is 0.265 e. The quantitative estimate of drug-likeness (QED) is 0.760. The Hall–Kier alpha value is -2.94. The average molecular weight is 331 g/mol. The van der Waals surface area contributed by atoms with E-state index < -0.39 is 10.0 Å². The molecule has 0 aliphatic carbocycles. The third kappa shape index (κ3) is 3.14. The Morgan fingerprint density at radius 2 is 1.83 bits per heavy atom. The number of nitrogens with zero attached hydrogens (tertiary/aromatic N) is 4. The first-order valence-corrected chi connectivity index (χ1v) is 8.08. The van der Waals surface area contributed by atoms with Gasteiger partial charge in [0.05, 0.1) is 12.8 Å². The Labute approximate surface area is 132 Å². The SMILES string of the molecule is COc1ccccc1S(=O)(=O)Nc1ccc(-n2cnnn2)cc1. The van der Waals surface area contributed by atoms with Crippen LogP contribution in [0.25, 0.3) is 5.69 Å². The van der Waals surface area contributed by atoms with Gasteiger partial charge in [0.1, 0.15) is 17.0 Å². The summed E-state index contributed by atoms with van der Waals surface area (Å²) in [6, 6.07) is 13.1. The van der Waals surface area contributed by atoms with Crippen LogP contribution in [0.1, 0.15) is 0 Å². The lowest BCUT2D eigenvalue weighted by atomic mass is 10.3. The Kier molecular flexibility index (Phi) is 3.94. The molecule has 2 aromatic carbocycles. The highest BCUT2D eigenvalue weighted by molar-refractivity contribution is 7.92. The molecule has 0 radical (unpaired) electrons. The van der Waals surface area contributed by atoms with Gasteiger partial charge in [-0.1, -0.05) is 12.1 Å². The number of rotatable bonds is 5. The molecule has 3 aromatic rings. The van der Waals surface area contributed by atoms with Crippen molar-refractivity contribution in [2.45, 2.75) is 4.90 Å². The molecule has 9 heteroatoms. The third-order valence-corrected chi connectivity index (χ3v) is 4.51. The first-order chi connectivity index (χ1) is 11.1. The molecule has 1 N–H and O–H groups in total. The highest BCUT2D eigenvalue weighted by Gasteiger charge is 2.18. The predicted molar refractivity (Wildman–Crippen MR) is 83.0 cm³/mol. The van der Waals surface area contributed by atoms with Crippen molar-refractivity contribution in [1.29, 1.82) is 0 Å². The molecule has 3 rings (SSSR count). The monoisotopic (exact) mass is 331 g/mol. The second-order valence-corrected chi connectivity index (χ2v) is 6.21. The number of benzene rings is 2. The molecule has 0 fully saturated rings. The van der Waals surface area contributed by atoms with Crippen molar-refractivity contribution in [2.75, 3.05) is 11.8 Å². The summed E-state index contributed by atoms with van der Waals surface area (Å²) in [6.07, 6.45) is 1.45. The van der Waals surface area contributed by atoms with Gasteiger partial charge in [0.15, 0.2) is 0 Å². The fourth-order valence-corrected chi connectivity index (χ4v) is 3.24. The number of aromatic nitrogens is 4. The van der Waals surface area contributed by atoms with Gasteiger partial charge in [0.25, 0.3) is 10.0 Å². The summed E-state index contributed by atoms with van der Waals surface area (Å²) >= 11 is 0. The lowest BCUT2D eigenvalue weighted by Crippen LogP contribution is -2.14. The van der Waals surface area contributed by atoms with E-state index in [4.69, 9.17) is 4.74 Å². The fraction of sp³-hybridized carbons (Fsp3) is 0.0714. The number of para-hydroxylation sites is 1. The molecule has 0 saturated heterocycles. The molecule has 118 valence electrons. The molecule has 0 amide bonds. The van der Waals surface area contributed by atoms with Crippen molar-refractivity contribution < 1.29 is 13.2 Å². The molecule has 1 aromatic heterocycles. The van der Waals surface area contributed by atoms with Crippen LogP contribution in [0.4, 0.5) is 5.69 Å². The standard InChI is InChI=1S/C14H13N5O3S/c1-22-13-4-2-3-5-14(13)23(20,21)16-11-6-8-12(9-7-11)19-10-15-17-18-19/h2-10,16H,1H3. The van der Waals surface area contributed by atoms with Crippen molar-refractivity contribution in [3.8, 4) is 11.4 Å². The number of hydrogen-bond donors (Lipinski definition) is 1. The van der Waals surface area contributed by atoms with E-state index in [0.717, 1.165) is 5.69 Å². The van der Waals surface area contributed by atoms with E-state index in [1.807, 2.05) is 0 Å². The Bertz CT molecular complexity index is 892. The van der Waals surface area contributed by atoms with E-state index in [-0.39, 0.29) is 10.6 Å². The van der Waals surface area contributed by atoms with Crippen LogP contribution in [-0.4, -0.2) is 35.7 Å². The molecule has 0 spiro atoms. The third-order valence-electron chi connectivity index (χ3n) is 3.09. The number of hydrogen-bond acceptors (Lipinski definition) is 6. The van der Waals surface area contributed by atoms with Crippen molar-refractivity contribution in [3.63, 3.8) is 0 Å². The minimum absolute atomic E-state index is 0.0760. The summed E-state index contributed by atoms with van der Waals surface area (Å²) in [6.45, 7) is 0. The van der Waals surface area contributed by atoms with E-state index in [0.29, 0.717) is 5.69 Å². The summed E-state index contributed by atoms with van der Waals surface area (Å²) in [5.74, 6) is 0.283. The van der Waals surface area contributed by atoms with Crippen molar-refractivity contribution in [3.05, 3.63) is 54.9 Å². The van der Waals surface area contributed by atoms with Crippen LogP contribution in [0.3, 0.4) is 0 Å². The van der Waals surface area contributed by atoms with Crippen LogP contribution in [0.5, 0.6) is 5.75 Å². The molecule has 0 saturated carbocycles. The zero-order valence-electron chi connectivity index (χ0n) is 12.1. The van der Waals surface area contributed by atoms with Gasteiger partial charge < -0.3 is 4.74 Å². The average Bonchev–Trinajstić information content (AvgIpc) is 3.09. The second kappa shape index (κ2) is 6.05. The van der Waals surface area contributed by atoms with E-state index in [9.17, 15) is 8.42 Å². The van der Waals surface area contributed by atoms with Crippen molar-refractivity contribution in [2.24, 2.45) is 0 Å². The Morgan fingerprint density at radius 3 is 2.48 bits per heavy atom. The van der Waals surface area contributed by atoms with Gasteiger partial charge in [-0.15, -0.1) is 5.10 Å². The van der Waals surface area contributed by atoms with Crippen LogP contribution in [0.2, 0.25) is 0 Å². The molecule has 1 heterocycles. The smallest absolute Gasteiger partial charge is 0.265 e. The van der Waals surface area contributed by atoms with Crippen LogP contribution in [-0.2, 0) is 10.0 Å². The molecular weight excluding hydrogens is 318 g/mol. The first-order valence-electron chi connectivity index (χ1n) is 6.59. The highest BCUT2D eigenvalue weighted by Crippen LogP contribution is 2.25. The number of tetrazole rings is 1. The topological polar surface area (TPSA) is 99.0 Å². The first kappa shape index (κ1) is 15.0. The number of anilines is 1. The molecule has 0 aliphatic rings. The summed E-state index contributed by atoms with van der Waals surface area (Å²) in [7, 11) is -2.32. The largest absolute Gasteiger partial charge is 0.495 e. The predicted octanol–water partition coefficient (Wildman–Crippen LogP) is 1.47. The van der Waals surface area contributed by atoms with E-state index in [2.05, 4.69) is 20.2 Å². The van der Waals surface area contributed by atoms with E-state index in [1.54, 1.807) is 42.5 Å². The Morgan fingerprint density at radius 1 is 1.09 bits per heavy atom. The molecule has 0 unspecified atom stereocenters. The van der Waals surface area contributed by atoms with Gasteiger partial charge in [0, 0.05) is 5.69 Å². The maximum absolute atomic E-state index is 12.5. The minimum Gasteiger partial charge on any atom is -0.495 e.